The van der Waals surface area contributed by atoms with Crippen LogP contribution in [-0.2, 0) is 16.1 Å². The van der Waals surface area contributed by atoms with Gasteiger partial charge in [0.1, 0.15) is 5.75 Å². The summed E-state index contributed by atoms with van der Waals surface area (Å²) in [6.07, 6.45) is -4.93. The standard InChI is InChI=1S/C19H19F3N2O3/c1-12-5-3-8-16(13(12)2)27-11-17(25)24-15-7-4-6-14(9-15)10-23-18(26)19(20,21)22/h3-9H,10-11H2,1-2H3,(H,23,26)(H,24,25). The van der Waals surface area contributed by atoms with Gasteiger partial charge in [0.15, 0.2) is 6.61 Å². The van der Waals surface area contributed by atoms with Gasteiger partial charge in [0.05, 0.1) is 0 Å². The zero-order valence-corrected chi connectivity index (χ0v) is 14.8. The van der Waals surface area contributed by atoms with Crippen molar-refractivity contribution in [2.75, 3.05) is 11.9 Å². The van der Waals surface area contributed by atoms with E-state index < -0.39 is 18.0 Å². The van der Waals surface area contributed by atoms with E-state index in [0.29, 0.717) is 17.0 Å². The first-order valence-electron chi connectivity index (χ1n) is 8.09. The van der Waals surface area contributed by atoms with Gasteiger partial charge in [-0.2, -0.15) is 13.2 Å². The van der Waals surface area contributed by atoms with E-state index in [1.54, 1.807) is 29.6 Å². The predicted octanol–water partition coefficient (Wildman–Crippen LogP) is 3.50. The minimum absolute atomic E-state index is 0.209. The van der Waals surface area contributed by atoms with E-state index in [1.165, 1.54) is 6.07 Å². The second kappa shape index (κ2) is 8.57. The highest BCUT2D eigenvalue weighted by molar-refractivity contribution is 5.92. The number of carbonyl (C=O) groups is 2. The van der Waals surface area contributed by atoms with Crippen LogP contribution in [0.1, 0.15) is 16.7 Å². The molecule has 0 fully saturated rings. The largest absolute Gasteiger partial charge is 0.483 e. The molecule has 0 atom stereocenters. The molecule has 8 heteroatoms. The predicted molar refractivity (Wildman–Crippen MR) is 94.4 cm³/mol. The Morgan fingerprint density at radius 1 is 1.07 bits per heavy atom. The smallest absolute Gasteiger partial charge is 0.471 e. The first kappa shape index (κ1) is 20.3. The lowest BCUT2D eigenvalue weighted by Crippen LogP contribution is -2.36. The molecule has 2 aromatic rings. The Morgan fingerprint density at radius 2 is 1.78 bits per heavy atom. The average molecular weight is 380 g/mol. The van der Waals surface area contributed by atoms with Crippen LogP contribution in [0.2, 0.25) is 0 Å². The van der Waals surface area contributed by atoms with Crippen LogP contribution in [0.4, 0.5) is 18.9 Å². The maximum atomic E-state index is 12.2. The van der Waals surface area contributed by atoms with E-state index in [-0.39, 0.29) is 13.2 Å². The zero-order chi connectivity index (χ0) is 20.0. The molecule has 0 aromatic heterocycles. The summed E-state index contributed by atoms with van der Waals surface area (Å²) >= 11 is 0. The maximum Gasteiger partial charge on any atom is 0.471 e. The van der Waals surface area contributed by atoms with E-state index in [4.69, 9.17) is 4.74 Å². The fourth-order valence-electron chi connectivity index (χ4n) is 2.26. The monoisotopic (exact) mass is 380 g/mol. The van der Waals surface area contributed by atoms with Gasteiger partial charge in [0, 0.05) is 12.2 Å². The molecule has 2 aromatic carbocycles. The second-order valence-corrected chi connectivity index (χ2v) is 5.92. The van der Waals surface area contributed by atoms with Crippen LogP contribution in [0, 0.1) is 13.8 Å². The Balaban J connectivity index is 1.90. The van der Waals surface area contributed by atoms with Crippen LogP contribution in [0.15, 0.2) is 42.5 Å². The summed E-state index contributed by atoms with van der Waals surface area (Å²) in [6.45, 7) is 3.31. The molecule has 0 heterocycles. The summed E-state index contributed by atoms with van der Waals surface area (Å²) in [5, 5.41) is 4.38. The number of aryl methyl sites for hydroxylation is 1. The summed E-state index contributed by atoms with van der Waals surface area (Å²) in [5.41, 5.74) is 2.79. The number of nitrogens with one attached hydrogen (secondary N) is 2. The van der Waals surface area contributed by atoms with Crippen LogP contribution in [0.3, 0.4) is 0 Å². The van der Waals surface area contributed by atoms with Crippen molar-refractivity contribution < 1.29 is 27.5 Å². The number of rotatable bonds is 6. The number of anilines is 1. The highest BCUT2D eigenvalue weighted by atomic mass is 19.4. The van der Waals surface area contributed by atoms with Gasteiger partial charge >= 0.3 is 12.1 Å². The van der Waals surface area contributed by atoms with Gasteiger partial charge in [-0.25, -0.2) is 0 Å². The molecule has 144 valence electrons. The van der Waals surface area contributed by atoms with Gasteiger partial charge in [-0.05, 0) is 48.7 Å². The van der Waals surface area contributed by atoms with Gasteiger partial charge < -0.3 is 15.4 Å². The SMILES string of the molecule is Cc1cccc(OCC(=O)Nc2cccc(CNC(=O)C(F)(F)F)c2)c1C. The molecule has 2 amide bonds. The van der Waals surface area contributed by atoms with Crippen LogP contribution < -0.4 is 15.4 Å². The summed E-state index contributed by atoms with van der Waals surface area (Å²) in [5.74, 6) is -1.82. The quantitative estimate of drug-likeness (QED) is 0.806. The summed E-state index contributed by atoms with van der Waals surface area (Å²) in [7, 11) is 0. The zero-order valence-electron chi connectivity index (χ0n) is 14.8. The van der Waals surface area contributed by atoms with E-state index in [0.717, 1.165) is 11.1 Å². The third-order valence-corrected chi connectivity index (χ3v) is 3.83. The van der Waals surface area contributed by atoms with Crippen LogP contribution in [0.25, 0.3) is 0 Å². The number of benzene rings is 2. The van der Waals surface area contributed by atoms with Gasteiger partial charge in [-0.1, -0.05) is 24.3 Å². The Morgan fingerprint density at radius 3 is 2.48 bits per heavy atom. The van der Waals surface area contributed by atoms with Gasteiger partial charge in [0.2, 0.25) is 0 Å². The molecule has 0 aliphatic carbocycles. The number of carbonyl (C=O) groups excluding carboxylic acids is 2. The van der Waals surface area contributed by atoms with Crippen molar-refractivity contribution in [1.29, 1.82) is 0 Å². The normalized spacial score (nSPS) is 11.0. The van der Waals surface area contributed by atoms with Gasteiger partial charge in [0.25, 0.3) is 5.91 Å². The molecular formula is C19H19F3N2O3. The summed E-state index contributed by atoms with van der Waals surface area (Å²) in [6, 6.07) is 11.7. The summed E-state index contributed by atoms with van der Waals surface area (Å²) < 4.78 is 42.1. The Kier molecular flexibility index (Phi) is 6.44. The lowest BCUT2D eigenvalue weighted by molar-refractivity contribution is -0.173. The van der Waals surface area contributed by atoms with E-state index in [9.17, 15) is 22.8 Å². The molecule has 0 saturated heterocycles. The third-order valence-electron chi connectivity index (χ3n) is 3.83. The molecule has 0 saturated carbocycles. The molecule has 2 N–H and O–H groups in total. The van der Waals surface area contributed by atoms with Crippen LogP contribution in [-0.4, -0.2) is 24.6 Å². The third kappa shape index (κ3) is 6.02. The maximum absolute atomic E-state index is 12.2. The lowest BCUT2D eigenvalue weighted by Gasteiger charge is -2.12. The van der Waals surface area contributed by atoms with Crippen molar-refractivity contribution in [1.82, 2.24) is 5.32 Å². The number of halogens is 3. The Hall–Kier alpha value is -3.03. The fourth-order valence-corrected chi connectivity index (χ4v) is 2.26. The molecule has 0 aliphatic heterocycles. The number of ether oxygens (including phenoxy) is 1. The highest BCUT2D eigenvalue weighted by Gasteiger charge is 2.38. The number of alkyl halides is 3. The molecule has 0 bridgehead atoms. The highest BCUT2D eigenvalue weighted by Crippen LogP contribution is 2.20. The Bertz CT molecular complexity index is 835. The van der Waals surface area contributed by atoms with Gasteiger partial charge in [-0.15, -0.1) is 0 Å². The van der Waals surface area contributed by atoms with E-state index in [2.05, 4.69) is 5.32 Å². The molecule has 5 nitrogen and oxygen atoms in total. The van der Waals surface area contributed by atoms with Crippen molar-refractivity contribution >= 4 is 17.5 Å². The first-order valence-corrected chi connectivity index (χ1v) is 8.09. The molecule has 27 heavy (non-hydrogen) atoms. The van der Waals surface area contributed by atoms with Crippen molar-refractivity contribution in [3.8, 4) is 5.75 Å². The van der Waals surface area contributed by atoms with Crippen molar-refractivity contribution in [3.05, 3.63) is 59.2 Å². The molecule has 0 aliphatic rings. The minimum atomic E-state index is -4.93. The fraction of sp³-hybridized carbons (Fsp3) is 0.263. The van der Waals surface area contributed by atoms with Gasteiger partial charge in [-0.3, -0.25) is 9.59 Å². The van der Waals surface area contributed by atoms with E-state index in [1.807, 2.05) is 26.0 Å². The molecule has 0 unspecified atom stereocenters. The molecular weight excluding hydrogens is 361 g/mol. The Labute approximate surface area is 154 Å². The number of amides is 2. The van der Waals surface area contributed by atoms with Crippen molar-refractivity contribution in [2.45, 2.75) is 26.6 Å². The second-order valence-electron chi connectivity index (χ2n) is 5.92. The molecule has 0 spiro atoms. The molecule has 0 radical (unpaired) electrons. The number of hydrogen-bond acceptors (Lipinski definition) is 3. The van der Waals surface area contributed by atoms with Crippen LogP contribution in [0.5, 0.6) is 5.75 Å². The van der Waals surface area contributed by atoms with Crippen LogP contribution >= 0.6 is 0 Å². The van der Waals surface area contributed by atoms with Crippen molar-refractivity contribution in [3.63, 3.8) is 0 Å². The van der Waals surface area contributed by atoms with Crippen molar-refractivity contribution in [2.24, 2.45) is 0 Å². The minimum Gasteiger partial charge on any atom is -0.483 e. The topological polar surface area (TPSA) is 67.4 Å². The lowest BCUT2D eigenvalue weighted by atomic mass is 10.1. The average Bonchev–Trinajstić information content (AvgIpc) is 2.60. The van der Waals surface area contributed by atoms with E-state index >= 15 is 0 Å². The summed E-state index contributed by atoms with van der Waals surface area (Å²) in [4.78, 5) is 22.9. The first-order chi connectivity index (χ1) is 12.7. The molecule has 2 rings (SSSR count). The number of hydrogen-bond donors (Lipinski definition) is 2.